The van der Waals surface area contributed by atoms with Crippen molar-refractivity contribution in [1.29, 1.82) is 0 Å². The van der Waals surface area contributed by atoms with Crippen LogP contribution in [0.4, 0.5) is 0 Å². The Bertz CT molecular complexity index is 2690. The Balaban J connectivity index is 0.824. The number of aromatic hydroxyl groups is 1. The number of phenols is 1. The number of carbonyl (C=O) groups excluding carboxylic acids is 3. The van der Waals surface area contributed by atoms with Crippen molar-refractivity contribution in [3.8, 4) is 5.75 Å². The van der Waals surface area contributed by atoms with Crippen LogP contribution in [-0.2, 0) is 34.6 Å². The number of rotatable bonds is 14. The summed E-state index contributed by atoms with van der Waals surface area (Å²) in [5.41, 5.74) is 4.64. The van der Waals surface area contributed by atoms with E-state index >= 15 is 0 Å². The molecule has 3 fully saturated rings. The van der Waals surface area contributed by atoms with Gasteiger partial charge in [0.2, 0.25) is 5.56 Å². The van der Waals surface area contributed by atoms with Gasteiger partial charge < -0.3 is 35.1 Å². The van der Waals surface area contributed by atoms with Gasteiger partial charge in [0, 0.05) is 74.9 Å². The average Bonchev–Trinajstić information content (AvgIpc) is 3.34. The Morgan fingerprint density at radius 3 is 2.14 bits per heavy atom. The van der Waals surface area contributed by atoms with Crippen LogP contribution in [-0.4, -0.2) is 93.1 Å². The van der Waals surface area contributed by atoms with E-state index in [9.17, 15) is 29.4 Å². The molecule has 12 nitrogen and oxygen atoms in total. The number of piperidine rings is 3. The predicted octanol–water partition coefficient (Wildman–Crippen LogP) is 7.10. The van der Waals surface area contributed by atoms with Crippen molar-refractivity contribution in [2.45, 2.75) is 69.4 Å². The van der Waals surface area contributed by atoms with Crippen molar-refractivity contribution in [3.63, 3.8) is 0 Å². The molecule has 2 amide bonds. The summed E-state index contributed by atoms with van der Waals surface area (Å²) >= 11 is 0. The summed E-state index contributed by atoms with van der Waals surface area (Å²) in [6.45, 7) is 5.23. The number of phenolic OH excluding ortho intramolecular Hbond substituents is 1. The Kier molecular flexibility index (Phi) is 13.4. The van der Waals surface area contributed by atoms with Gasteiger partial charge in [0.05, 0.1) is 17.0 Å². The molecule has 9 rings (SSSR count). The summed E-state index contributed by atoms with van der Waals surface area (Å²) in [4.78, 5) is 62.7. The first-order chi connectivity index (χ1) is 32.1. The second kappa shape index (κ2) is 19.9. The van der Waals surface area contributed by atoms with Crippen LogP contribution in [0.15, 0.2) is 138 Å². The predicted molar refractivity (Wildman–Crippen MR) is 253 cm³/mol. The number of esters is 1. The van der Waals surface area contributed by atoms with E-state index in [1.54, 1.807) is 17.0 Å². The number of hydrogen-bond acceptors (Lipinski definition) is 9. The van der Waals surface area contributed by atoms with Crippen molar-refractivity contribution in [1.82, 2.24) is 25.0 Å². The van der Waals surface area contributed by atoms with E-state index in [0.717, 1.165) is 48.3 Å². The molecule has 0 radical (unpaired) electrons. The summed E-state index contributed by atoms with van der Waals surface area (Å²) in [5, 5.41) is 25.1. The molecule has 2 unspecified atom stereocenters. The molecular weight excluding hydrogens is 831 g/mol. The maximum Gasteiger partial charge on any atom is 0.317 e. The molecule has 1 aromatic heterocycles. The molecule has 2 bridgehead atoms. The quantitative estimate of drug-likeness (QED) is 0.0839. The lowest BCUT2D eigenvalue weighted by Crippen LogP contribution is -2.53. The zero-order valence-corrected chi connectivity index (χ0v) is 37.1. The van der Waals surface area contributed by atoms with E-state index in [1.165, 1.54) is 25.0 Å². The van der Waals surface area contributed by atoms with E-state index in [0.29, 0.717) is 73.6 Å². The van der Waals surface area contributed by atoms with Crippen molar-refractivity contribution in [2.75, 3.05) is 39.3 Å². The van der Waals surface area contributed by atoms with Gasteiger partial charge in [-0.1, -0.05) is 91.0 Å². The van der Waals surface area contributed by atoms with Gasteiger partial charge in [-0.05, 0) is 109 Å². The van der Waals surface area contributed by atoms with Crippen LogP contribution in [0.5, 0.6) is 5.75 Å². The number of aliphatic hydroxyl groups excluding tert-OH is 1. The van der Waals surface area contributed by atoms with E-state index < -0.39 is 11.5 Å². The van der Waals surface area contributed by atoms with Gasteiger partial charge in [-0.3, -0.25) is 24.1 Å². The van der Waals surface area contributed by atoms with Crippen LogP contribution in [0.25, 0.3) is 10.9 Å². The van der Waals surface area contributed by atoms with Gasteiger partial charge in [-0.15, -0.1) is 0 Å². The first kappa shape index (κ1) is 44.6. The normalized spacial score (nSPS) is 19.5. The molecule has 66 heavy (non-hydrogen) atoms. The van der Waals surface area contributed by atoms with Crippen LogP contribution in [0.1, 0.15) is 86.7 Å². The molecule has 4 N–H and O–H groups in total. The fraction of sp³-hybridized carbons (Fsp3) is 0.333. The van der Waals surface area contributed by atoms with Gasteiger partial charge in [-0.2, -0.15) is 0 Å². The molecule has 12 heteroatoms. The van der Waals surface area contributed by atoms with Crippen LogP contribution in [0.2, 0.25) is 0 Å². The van der Waals surface area contributed by atoms with Crippen molar-refractivity contribution in [2.24, 2.45) is 5.92 Å². The SMILES string of the molecule is O=C(c1ccc(CN(Cc2ccc(CNC[C@H](O)c3ccc(O)c4[nH]c(=O)ccc34)cc2)C(=O)c2ccccc2)cc1)N1CCC(C(=O)O[C@@H]2CC3CCCN(C3)C2)(c2ccccc2)CC1. The highest BCUT2D eigenvalue weighted by atomic mass is 16.5. The third kappa shape index (κ3) is 9.96. The van der Waals surface area contributed by atoms with E-state index in [2.05, 4.69) is 15.2 Å². The fourth-order valence-corrected chi connectivity index (χ4v) is 10.2. The summed E-state index contributed by atoms with van der Waals surface area (Å²) in [5.74, 6) is 0.150. The number of benzene rings is 5. The van der Waals surface area contributed by atoms with Crippen LogP contribution >= 0.6 is 0 Å². The number of aromatic nitrogens is 1. The van der Waals surface area contributed by atoms with Crippen LogP contribution in [0, 0.1) is 5.92 Å². The number of nitrogens with one attached hydrogen (secondary N) is 2. The Morgan fingerprint density at radius 2 is 1.44 bits per heavy atom. The van der Waals surface area contributed by atoms with Crippen molar-refractivity contribution in [3.05, 3.63) is 183 Å². The monoisotopic (exact) mass is 887 g/mol. The Morgan fingerprint density at radius 1 is 0.773 bits per heavy atom. The smallest absolute Gasteiger partial charge is 0.317 e. The standard InChI is InChI=1S/C54H57N5O7/c60-47-23-21-45(46-22-24-49(62)56-50(46)47)48(61)32-55-31-37-13-15-38(16-14-37)34-59(52(64)41-9-3-1-4-10-41)35-39-17-19-42(20-18-39)51(63)58-28-25-54(26-29-58,43-11-5-2-6-12-43)53(65)66-44-30-40-8-7-27-57(33-40)36-44/h1-6,9-24,40,44,48,55,60-61H,7-8,25-36H2,(H,56,62)/t40?,44-,48+/m1/s1. The number of aliphatic hydroxyl groups is 1. The van der Waals surface area contributed by atoms with Gasteiger partial charge in [0.1, 0.15) is 11.9 Å². The third-order valence-corrected chi connectivity index (χ3v) is 13.8. The number of pyridine rings is 1. The average molecular weight is 888 g/mol. The molecule has 4 atom stereocenters. The van der Waals surface area contributed by atoms with Gasteiger partial charge in [-0.25, -0.2) is 0 Å². The molecule has 3 saturated heterocycles. The highest BCUT2D eigenvalue weighted by Gasteiger charge is 2.46. The number of likely N-dealkylation sites (tertiary alicyclic amines) is 1. The number of fused-ring (bicyclic) bond motifs is 3. The number of hydrogen-bond donors (Lipinski definition) is 4. The fourth-order valence-electron chi connectivity index (χ4n) is 10.2. The zero-order valence-electron chi connectivity index (χ0n) is 37.1. The lowest BCUT2D eigenvalue weighted by molar-refractivity contribution is -0.162. The molecule has 5 aromatic carbocycles. The molecule has 6 aromatic rings. The molecule has 0 aliphatic carbocycles. The highest BCUT2D eigenvalue weighted by Crippen LogP contribution is 2.39. The lowest BCUT2D eigenvalue weighted by atomic mass is 9.72. The minimum absolute atomic E-state index is 0.0587. The van der Waals surface area contributed by atoms with Gasteiger partial charge >= 0.3 is 5.97 Å². The largest absolute Gasteiger partial charge is 0.506 e. The number of H-pyrrole nitrogens is 1. The van der Waals surface area contributed by atoms with Gasteiger partial charge in [0.25, 0.3) is 11.8 Å². The third-order valence-electron chi connectivity index (χ3n) is 13.8. The lowest BCUT2D eigenvalue weighted by Gasteiger charge is -2.44. The number of ether oxygens (including phenoxy) is 1. The Hall–Kier alpha value is -6.60. The van der Waals surface area contributed by atoms with Crippen LogP contribution < -0.4 is 10.9 Å². The first-order valence-corrected chi connectivity index (χ1v) is 23.1. The number of carbonyl (C=O) groups is 3. The number of aromatic amines is 1. The zero-order chi connectivity index (χ0) is 45.6. The van der Waals surface area contributed by atoms with E-state index in [-0.39, 0.29) is 47.3 Å². The summed E-state index contributed by atoms with van der Waals surface area (Å²) in [6.07, 6.45) is 3.31. The summed E-state index contributed by atoms with van der Waals surface area (Å²) < 4.78 is 6.35. The summed E-state index contributed by atoms with van der Waals surface area (Å²) in [7, 11) is 0. The van der Waals surface area contributed by atoms with Crippen LogP contribution in [0.3, 0.4) is 0 Å². The maximum absolute atomic E-state index is 14.2. The number of nitrogens with zero attached hydrogens (tertiary/aromatic N) is 3. The molecule has 4 heterocycles. The minimum Gasteiger partial charge on any atom is -0.506 e. The number of amides is 2. The van der Waals surface area contributed by atoms with E-state index in [4.69, 9.17) is 4.74 Å². The highest BCUT2D eigenvalue weighted by molar-refractivity contribution is 5.95. The second-order valence-corrected chi connectivity index (χ2v) is 18.2. The molecule has 0 saturated carbocycles. The summed E-state index contributed by atoms with van der Waals surface area (Å²) in [6, 6.07) is 40.7. The molecule has 0 spiro atoms. The van der Waals surface area contributed by atoms with E-state index in [1.807, 2.05) is 114 Å². The minimum atomic E-state index is -0.880. The second-order valence-electron chi connectivity index (χ2n) is 18.2. The molecule has 3 aliphatic rings. The van der Waals surface area contributed by atoms with Gasteiger partial charge in [0.15, 0.2) is 0 Å². The topological polar surface area (TPSA) is 156 Å². The maximum atomic E-state index is 14.2. The van der Waals surface area contributed by atoms with Crippen molar-refractivity contribution >= 4 is 28.7 Å². The molecule has 340 valence electrons. The Labute approximate surface area is 384 Å². The molecule has 3 aliphatic heterocycles. The molecular formula is C54H57N5O7. The first-order valence-electron chi connectivity index (χ1n) is 23.1. The van der Waals surface area contributed by atoms with Crippen molar-refractivity contribution < 1.29 is 29.3 Å².